The number of carbonyl (C=O) groups is 1. The number of anilines is 4. The fourth-order valence-electron chi connectivity index (χ4n) is 4.15. The number of rotatable bonds is 7. The van der Waals surface area contributed by atoms with E-state index < -0.39 is 0 Å². The highest BCUT2D eigenvalue weighted by Gasteiger charge is 2.18. The van der Waals surface area contributed by atoms with Gasteiger partial charge in [0.05, 0.1) is 5.92 Å². The summed E-state index contributed by atoms with van der Waals surface area (Å²) in [6, 6.07) is 19.6. The molecule has 1 aliphatic heterocycles. The molecular formula is C26H31N5O. The molecule has 2 N–H and O–H groups in total. The van der Waals surface area contributed by atoms with Crippen molar-refractivity contribution in [1.82, 2.24) is 9.97 Å². The van der Waals surface area contributed by atoms with E-state index in [0.29, 0.717) is 5.95 Å². The van der Waals surface area contributed by atoms with Crippen molar-refractivity contribution in [3.05, 3.63) is 71.9 Å². The van der Waals surface area contributed by atoms with E-state index in [1.165, 1.54) is 19.3 Å². The molecule has 2 heterocycles. The second-order valence-corrected chi connectivity index (χ2v) is 8.30. The summed E-state index contributed by atoms with van der Waals surface area (Å²) in [5.74, 6) is 1.42. The number of benzene rings is 2. The Kier molecular flexibility index (Phi) is 7.00. The van der Waals surface area contributed by atoms with Crippen LogP contribution >= 0.6 is 0 Å². The van der Waals surface area contributed by atoms with Gasteiger partial charge in [0.1, 0.15) is 5.82 Å². The van der Waals surface area contributed by atoms with Gasteiger partial charge in [-0.2, -0.15) is 4.98 Å². The Balaban J connectivity index is 1.42. The van der Waals surface area contributed by atoms with Crippen LogP contribution < -0.4 is 15.5 Å². The molecule has 6 heteroatoms. The quantitative estimate of drug-likeness (QED) is 0.508. The Morgan fingerprint density at radius 1 is 0.969 bits per heavy atom. The van der Waals surface area contributed by atoms with Gasteiger partial charge in [0.25, 0.3) is 0 Å². The topological polar surface area (TPSA) is 70.2 Å². The molecule has 166 valence electrons. The number of aryl methyl sites for hydroxylation is 1. The molecule has 0 spiro atoms. The molecule has 0 radical (unpaired) electrons. The largest absolute Gasteiger partial charge is 0.356 e. The van der Waals surface area contributed by atoms with Gasteiger partial charge in [0, 0.05) is 36.2 Å². The average Bonchev–Trinajstić information content (AvgIpc) is 2.82. The molecular weight excluding hydrogens is 398 g/mol. The van der Waals surface area contributed by atoms with E-state index in [2.05, 4.69) is 20.5 Å². The van der Waals surface area contributed by atoms with Crippen LogP contribution in [0.3, 0.4) is 0 Å². The first-order valence-corrected chi connectivity index (χ1v) is 11.5. The van der Waals surface area contributed by atoms with Gasteiger partial charge in [-0.25, -0.2) is 4.98 Å². The summed E-state index contributed by atoms with van der Waals surface area (Å²) in [7, 11) is 0. The predicted octanol–water partition coefficient (Wildman–Crippen LogP) is 5.65. The number of nitrogens with zero attached hydrogens (tertiary/aromatic N) is 3. The maximum atomic E-state index is 12.8. The van der Waals surface area contributed by atoms with Gasteiger partial charge in [-0.05, 0) is 62.4 Å². The molecule has 1 aliphatic rings. The van der Waals surface area contributed by atoms with E-state index in [1.54, 1.807) is 0 Å². The number of carbonyl (C=O) groups excluding carboxylic acids is 1. The highest BCUT2D eigenvalue weighted by molar-refractivity contribution is 5.96. The summed E-state index contributed by atoms with van der Waals surface area (Å²) in [6.45, 7) is 6.12. The third-order valence-electron chi connectivity index (χ3n) is 5.86. The highest BCUT2D eigenvalue weighted by Crippen LogP contribution is 2.24. The van der Waals surface area contributed by atoms with Crippen molar-refractivity contribution < 1.29 is 4.79 Å². The lowest BCUT2D eigenvalue weighted by Crippen LogP contribution is -2.30. The summed E-state index contributed by atoms with van der Waals surface area (Å²) in [4.78, 5) is 24.4. The minimum atomic E-state index is -0.164. The Morgan fingerprint density at radius 3 is 2.34 bits per heavy atom. The van der Waals surface area contributed by atoms with Crippen LogP contribution in [-0.4, -0.2) is 29.0 Å². The van der Waals surface area contributed by atoms with E-state index in [1.807, 2.05) is 74.5 Å². The van der Waals surface area contributed by atoms with Crippen LogP contribution in [0, 0.1) is 6.92 Å². The zero-order chi connectivity index (χ0) is 22.3. The Morgan fingerprint density at radius 2 is 1.66 bits per heavy atom. The van der Waals surface area contributed by atoms with Crippen LogP contribution in [0.4, 0.5) is 23.1 Å². The van der Waals surface area contributed by atoms with Crippen LogP contribution in [0.5, 0.6) is 0 Å². The number of amides is 1. The van der Waals surface area contributed by atoms with E-state index >= 15 is 0 Å². The zero-order valence-electron chi connectivity index (χ0n) is 18.8. The molecule has 32 heavy (non-hydrogen) atoms. The van der Waals surface area contributed by atoms with Crippen molar-refractivity contribution in [2.45, 2.75) is 45.4 Å². The second kappa shape index (κ2) is 10.3. The number of aromatic nitrogens is 2. The van der Waals surface area contributed by atoms with Crippen molar-refractivity contribution in [3.8, 4) is 0 Å². The van der Waals surface area contributed by atoms with Crippen molar-refractivity contribution in [3.63, 3.8) is 0 Å². The predicted molar refractivity (Wildman–Crippen MR) is 131 cm³/mol. The summed E-state index contributed by atoms with van der Waals surface area (Å²) < 4.78 is 0. The smallest absolute Gasteiger partial charge is 0.231 e. The molecule has 1 amide bonds. The lowest BCUT2D eigenvalue weighted by molar-refractivity contribution is -0.117. The SMILES string of the molecule is CC[C@@H](C(=O)Nc1ccc(Nc2nc(C)cc(N3CCCCC3)n2)cc1)c1ccccc1. The molecule has 1 saturated heterocycles. The van der Waals surface area contributed by atoms with Crippen molar-refractivity contribution in [1.29, 1.82) is 0 Å². The Hall–Kier alpha value is -3.41. The molecule has 0 aliphatic carbocycles. The Labute approximate surface area is 190 Å². The van der Waals surface area contributed by atoms with Crippen molar-refractivity contribution >= 4 is 29.0 Å². The fourth-order valence-corrected chi connectivity index (χ4v) is 4.15. The van der Waals surface area contributed by atoms with Gasteiger partial charge in [-0.15, -0.1) is 0 Å². The molecule has 0 saturated carbocycles. The lowest BCUT2D eigenvalue weighted by atomic mass is 9.95. The average molecular weight is 430 g/mol. The zero-order valence-corrected chi connectivity index (χ0v) is 18.8. The minimum absolute atomic E-state index is 0.00704. The van der Waals surface area contributed by atoms with Crippen molar-refractivity contribution in [2.24, 2.45) is 0 Å². The summed E-state index contributed by atoms with van der Waals surface area (Å²) in [5, 5.41) is 6.34. The molecule has 1 fully saturated rings. The molecule has 0 bridgehead atoms. The third-order valence-corrected chi connectivity index (χ3v) is 5.86. The third kappa shape index (κ3) is 5.44. The summed E-state index contributed by atoms with van der Waals surface area (Å²) in [5.41, 5.74) is 3.63. The maximum absolute atomic E-state index is 12.8. The molecule has 2 aromatic carbocycles. The lowest BCUT2D eigenvalue weighted by Gasteiger charge is -2.28. The van der Waals surface area contributed by atoms with Gasteiger partial charge in [0.2, 0.25) is 11.9 Å². The molecule has 1 atom stereocenters. The second-order valence-electron chi connectivity index (χ2n) is 8.30. The van der Waals surface area contributed by atoms with Crippen LogP contribution in [0.1, 0.15) is 49.8 Å². The summed E-state index contributed by atoms with van der Waals surface area (Å²) in [6.07, 6.45) is 4.46. The monoisotopic (exact) mass is 429 g/mol. The first-order valence-electron chi connectivity index (χ1n) is 11.5. The molecule has 0 unspecified atom stereocenters. The number of hydrogen-bond acceptors (Lipinski definition) is 5. The fraction of sp³-hybridized carbons (Fsp3) is 0.346. The van der Waals surface area contributed by atoms with Crippen LogP contribution in [-0.2, 0) is 4.79 Å². The van der Waals surface area contributed by atoms with E-state index in [-0.39, 0.29) is 11.8 Å². The molecule has 4 rings (SSSR count). The van der Waals surface area contributed by atoms with Gasteiger partial charge in [0.15, 0.2) is 0 Å². The standard InChI is InChI=1S/C26H31N5O/c1-3-23(20-10-6-4-7-11-20)25(32)28-21-12-14-22(15-13-21)29-26-27-19(2)18-24(30-26)31-16-8-5-9-17-31/h4,6-7,10-15,18,23H,3,5,8-9,16-17H2,1-2H3,(H,28,32)(H,27,29,30)/t23-/m1/s1. The minimum Gasteiger partial charge on any atom is -0.356 e. The number of hydrogen-bond donors (Lipinski definition) is 2. The van der Waals surface area contributed by atoms with Crippen LogP contribution in [0.25, 0.3) is 0 Å². The number of nitrogens with one attached hydrogen (secondary N) is 2. The molecule has 6 nitrogen and oxygen atoms in total. The number of piperidine rings is 1. The van der Waals surface area contributed by atoms with Crippen LogP contribution in [0.15, 0.2) is 60.7 Å². The van der Waals surface area contributed by atoms with Gasteiger partial charge < -0.3 is 15.5 Å². The first-order chi connectivity index (χ1) is 15.6. The van der Waals surface area contributed by atoms with E-state index in [9.17, 15) is 4.79 Å². The normalized spacial score (nSPS) is 14.6. The van der Waals surface area contributed by atoms with E-state index in [4.69, 9.17) is 4.98 Å². The van der Waals surface area contributed by atoms with Gasteiger partial charge >= 0.3 is 0 Å². The molecule has 3 aromatic rings. The van der Waals surface area contributed by atoms with Crippen LogP contribution in [0.2, 0.25) is 0 Å². The highest BCUT2D eigenvalue weighted by atomic mass is 16.1. The molecule has 1 aromatic heterocycles. The van der Waals surface area contributed by atoms with E-state index in [0.717, 1.165) is 48.0 Å². The van der Waals surface area contributed by atoms with Crippen molar-refractivity contribution in [2.75, 3.05) is 28.6 Å². The maximum Gasteiger partial charge on any atom is 0.231 e. The Bertz CT molecular complexity index is 1030. The van der Waals surface area contributed by atoms with Gasteiger partial charge in [-0.3, -0.25) is 4.79 Å². The van der Waals surface area contributed by atoms with Gasteiger partial charge in [-0.1, -0.05) is 37.3 Å². The first kappa shape index (κ1) is 21.8. The summed E-state index contributed by atoms with van der Waals surface area (Å²) >= 11 is 0.